The fraction of sp³-hybridized carbons (Fsp3) is 0.138. The van der Waals surface area contributed by atoms with Crippen LogP contribution in [0.2, 0.25) is 0 Å². The molecule has 0 aliphatic heterocycles. The summed E-state index contributed by atoms with van der Waals surface area (Å²) in [5.74, 6) is -3.57. The molecule has 3 aromatic carbocycles. The minimum Gasteiger partial charge on any atom is -0.541 e. The van der Waals surface area contributed by atoms with E-state index in [4.69, 9.17) is 30.8 Å². The maximum Gasteiger partial charge on any atom is 1.00 e. The number of carbonyl (C=O) groups is 5. The summed E-state index contributed by atoms with van der Waals surface area (Å²) >= 11 is 0. The Labute approximate surface area is 292 Å². The molecule has 1 aliphatic carbocycles. The molecule has 4 aromatic rings. The van der Waals surface area contributed by atoms with E-state index >= 15 is 0 Å². The van der Waals surface area contributed by atoms with E-state index in [9.17, 15) is 29.1 Å². The number of hydrogen-bond acceptors (Lipinski definition) is 13. The molecule has 0 amide bonds. The van der Waals surface area contributed by atoms with Gasteiger partial charge in [0.05, 0.1) is 32.6 Å². The Morgan fingerprint density at radius 3 is 2.00 bits per heavy atom. The van der Waals surface area contributed by atoms with Gasteiger partial charge in [-0.1, -0.05) is 30.3 Å². The van der Waals surface area contributed by atoms with Gasteiger partial charge >= 0.3 is 57.4 Å². The summed E-state index contributed by atoms with van der Waals surface area (Å²) in [6.45, 7) is 0. The Morgan fingerprint density at radius 2 is 1.41 bits per heavy atom. The second-order valence-corrected chi connectivity index (χ2v) is 8.55. The molecule has 14 nitrogen and oxygen atoms in total. The molecule has 15 heteroatoms. The number of Topliss-reactive ketones (excluding diaryl/α,β-unsaturated/α-hetero) is 3. The van der Waals surface area contributed by atoms with Crippen LogP contribution in [0.15, 0.2) is 54.6 Å². The number of hydrogen-bond donors (Lipinski definition) is 3. The Bertz CT molecular complexity index is 1760. The smallest absolute Gasteiger partial charge is 0.541 e. The Kier molecular flexibility index (Phi) is 12.9. The molecular weight excluding hydrogens is 603 g/mol. The molecule has 1 aromatic heterocycles. The SMILES string of the molecule is COc1cccc(C(=O)C(=O)[O-])c1N.COc1cccc2c(C(=O)O)nc(N)nc12.COc1cccc2c1CC(=O)C2=O.[K+]. The molecule has 5 rings (SSSR count). The van der Waals surface area contributed by atoms with Crippen LogP contribution in [0.5, 0.6) is 17.2 Å². The number of aromatic carboxylic acids is 1. The summed E-state index contributed by atoms with van der Waals surface area (Å²) in [4.78, 5) is 62.3. The zero-order valence-corrected chi connectivity index (χ0v) is 27.2. The number of rotatable bonds is 6. The van der Waals surface area contributed by atoms with E-state index < -0.39 is 23.5 Å². The predicted octanol–water partition coefficient (Wildman–Crippen LogP) is -1.86. The van der Waals surface area contributed by atoms with Crippen molar-refractivity contribution in [1.29, 1.82) is 0 Å². The summed E-state index contributed by atoms with van der Waals surface area (Å²) < 4.78 is 15.0. The molecule has 0 saturated carbocycles. The first-order valence-corrected chi connectivity index (χ1v) is 12.2. The van der Waals surface area contributed by atoms with Gasteiger partial charge in [0, 0.05) is 22.9 Å². The van der Waals surface area contributed by atoms with Crippen LogP contribution in [-0.2, 0) is 16.0 Å². The Hall–Kier alpha value is -4.41. The van der Waals surface area contributed by atoms with Crippen molar-refractivity contribution in [1.82, 2.24) is 9.97 Å². The van der Waals surface area contributed by atoms with Crippen LogP contribution in [0.1, 0.15) is 36.8 Å². The predicted molar refractivity (Wildman–Crippen MR) is 150 cm³/mol. The topological polar surface area (TPSA) is 234 Å². The number of nitrogen functional groups attached to an aromatic ring is 2. The molecule has 222 valence electrons. The van der Waals surface area contributed by atoms with Crippen molar-refractivity contribution in [3.8, 4) is 17.2 Å². The van der Waals surface area contributed by atoms with Crippen LogP contribution in [0.3, 0.4) is 0 Å². The number of aromatic nitrogens is 2. The number of aliphatic carboxylic acids is 1. The normalized spacial score (nSPS) is 11.1. The van der Waals surface area contributed by atoms with E-state index in [2.05, 4.69) is 9.97 Å². The number of methoxy groups -OCH3 is 3. The van der Waals surface area contributed by atoms with Gasteiger partial charge in [-0.05, 0) is 24.3 Å². The Balaban J connectivity index is 0.000000229. The van der Waals surface area contributed by atoms with Crippen molar-refractivity contribution in [2.24, 2.45) is 0 Å². The first-order chi connectivity index (χ1) is 20.4. The number of ether oxygens (including phenoxy) is 3. The van der Waals surface area contributed by atoms with Crippen LogP contribution in [0.4, 0.5) is 11.6 Å². The van der Waals surface area contributed by atoms with E-state index in [0.717, 1.165) is 5.56 Å². The van der Waals surface area contributed by atoms with Crippen LogP contribution in [-0.4, -0.2) is 65.7 Å². The van der Waals surface area contributed by atoms with Gasteiger partial charge in [-0.3, -0.25) is 14.4 Å². The molecule has 1 heterocycles. The zero-order valence-electron chi connectivity index (χ0n) is 24.1. The van der Waals surface area contributed by atoms with Crippen LogP contribution in [0, 0.1) is 0 Å². The third-order valence-electron chi connectivity index (χ3n) is 6.03. The number of para-hydroxylation sites is 2. The number of carbonyl (C=O) groups excluding carboxylic acids is 4. The third-order valence-corrected chi connectivity index (χ3v) is 6.03. The fourth-order valence-electron chi connectivity index (χ4n) is 4.04. The molecule has 44 heavy (non-hydrogen) atoms. The summed E-state index contributed by atoms with van der Waals surface area (Å²) in [7, 11) is 4.38. The van der Waals surface area contributed by atoms with Crippen LogP contribution in [0.25, 0.3) is 10.9 Å². The molecule has 0 unspecified atom stereocenters. The summed E-state index contributed by atoms with van der Waals surface area (Å²) in [6, 6.07) is 14.4. The van der Waals surface area contributed by atoms with E-state index in [1.165, 1.54) is 39.5 Å². The van der Waals surface area contributed by atoms with Crippen molar-refractivity contribution in [2.45, 2.75) is 6.42 Å². The van der Waals surface area contributed by atoms with Gasteiger partial charge in [-0.2, -0.15) is 0 Å². The zero-order chi connectivity index (χ0) is 31.8. The first kappa shape index (κ1) is 35.8. The Morgan fingerprint density at radius 1 is 0.841 bits per heavy atom. The quantitative estimate of drug-likeness (QED) is 0.0919. The maximum atomic E-state index is 11.3. The van der Waals surface area contributed by atoms with Crippen molar-refractivity contribution in [3.05, 3.63) is 77.0 Å². The molecule has 0 bridgehead atoms. The van der Waals surface area contributed by atoms with Crippen molar-refractivity contribution >= 4 is 51.8 Å². The largest absolute Gasteiger partial charge is 1.00 e. The molecule has 0 radical (unpaired) electrons. The summed E-state index contributed by atoms with van der Waals surface area (Å²) in [5.41, 5.74) is 12.3. The third kappa shape index (κ3) is 7.94. The van der Waals surface area contributed by atoms with Crippen molar-refractivity contribution < 1.29 is 99.8 Å². The summed E-state index contributed by atoms with van der Waals surface area (Å²) in [6.07, 6.45) is 0.179. The van der Waals surface area contributed by atoms with Gasteiger partial charge in [0.25, 0.3) is 0 Å². The second-order valence-electron chi connectivity index (χ2n) is 8.55. The van der Waals surface area contributed by atoms with E-state index in [1.807, 2.05) is 0 Å². The number of carboxylic acid groups (broad SMARTS) is 2. The molecule has 0 spiro atoms. The molecule has 0 saturated heterocycles. The number of carboxylic acids is 2. The van der Waals surface area contributed by atoms with Gasteiger partial charge in [0.15, 0.2) is 5.69 Å². The second kappa shape index (κ2) is 15.9. The van der Waals surface area contributed by atoms with Crippen LogP contribution >= 0.6 is 0 Å². The van der Waals surface area contributed by atoms with E-state index in [-0.39, 0.29) is 92.2 Å². The molecule has 5 N–H and O–H groups in total. The fourth-order valence-corrected chi connectivity index (χ4v) is 4.04. The minimum absolute atomic E-state index is 0. The van der Waals surface area contributed by atoms with Crippen LogP contribution < -0.4 is 82.2 Å². The molecule has 1 aliphatic rings. The average Bonchev–Trinajstić information content (AvgIpc) is 3.29. The maximum absolute atomic E-state index is 11.3. The van der Waals surface area contributed by atoms with Crippen molar-refractivity contribution in [3.63, 3.8) is 0 Å². The van der Waals surface area contributed by atoms with E-state index in [0.29, 0.717) is 28.0 Å². The monoisotopic (exact) mass is 628 g/mol. The van der Waals surface area contributed by atoms with Gasteiger partial charge in [-0.25, -0.2) is 14.8 Å². The number of ketones is 3. The van der Waals surface area contributed by atoms with Crippen molar-refractivity contribution in [2.75, 3.05) is 32.8 Å². The molecule has 0 fully saturated rings. The first-order valence-electron chi connectivity index (χ1n) is 12.2. The molecule has 0 atom stereocenters. The minimum atomic E-state index is -1.79. The standard InChI is InChI=1S/C10H9N3O3.C10H8O3.C9H9NO4.K/c1-16-6-4-2-3-5-7(6)12-10(11)13-8(5)9(14)15;1-13-9-4-2-3-6-7(9)5-8(11)10(6)12;1-14-6-4-2-3-5(7(6)10)8(11)9(12)13;/h2-4H,1H3,(H,14,15)(H2,11,12,13);2-4H,5H2,1H3;2-4H,10H2,1H3,(H,12,13);/q;;;+1/p-1. The molecular formula is C29H25KN4O10. The number of anilines is 2. The number of nitrogens with two attached hydrogens (primary N) is 2. The number of nitrogens with zero attached hydrogens (tertiary/aromatic N) is 2. The van der Waals surface area contributed by atoms with E-state index in [1.54, 1.807) is 36.4 Å². The van der Waals surface area contributed by atoms with Gasteiger partial charge < -0.3 is 40.7 Å². The van der Waals surface area contributed by atoms with Gasteiger partial charge in [-0.15, -0.1) is 0 Å². The average molecular weight is 629 g/mol. The summed E-state index contributed by atoms with van der Waals surface area (Å²) in [5, 5.41) is 19.7. The van der Waals surface area contributed by atoms with Gasteiger partial charge in [0.1, 0.15) is 28.7 Å². The number of benzene rings is 3. The van der Waals surface area contributed by atoms with Gasteiger partial charge in [0.2, 0.25) is 23.3 Å². The number of fused-ring (bicyclic) bond motifs is 2.